The van der Waals surface area contributed by atoms with Crippen LogP contribution >= 0.6 is 0 Å². The van der Waals surface area contributed by atoms with E-state index >= 15 is 0 Å². The minimum absolute atomic E-state index is 0.0323. The molecule has 124 valence electrons. The molecule has 1 aliphatic carbocycles. The van der Waals surface area contributed by atoms with E-state index in [1.807, 2.05) is 25.1 Å². The lowest BCUT2D eigenvalue weighted by Gasteiger charge is -2.29. The van der Waals surface area contributed by atoms with Crippen LogP contribution in [-0.4, -0.2) is 25.0 Å². The molecule has 0 radical (unpaired) electrons. The average molecular weight is 316 g/mol. The van der Waals surface area contributed by atoms with Crippen LogP contribution in [-0.2, 0) is 9.59 Å². The molecule has 5 nitrogen and oxygen atoms in total. The van der Waals surface area contributed by atoms with Crippen LogP contribution in [0.1, 0.15) is 45.4 Å². The fraction of sp³-hybridized carbons (Fsp3) is 0.556. The van der Waals surface area contributed by atoms with Gasteiger partial charge in [-0.3, -0.25) is 9.59 Å². The van der Waals surface area contributed by atoms with Crippen molar-refractivity contribution in [2.75, 3.05) is 23.4 Å². The molecule has 1 aromatic rings. The van der Waals surface area contributed by atoms with Gasteiger partial charge in [0.1, 0.15) is 5.75 Å². The number of benzene rings is 1. The van der Waals surface area contributed by atoms with Crippen molar-refractivity contribution >= 4 is 23.2 Å². The van der Waals surface area contributed by atoms with E-state index in [9.17, 15) is 9.59 Å². The molecule has 1 fully saturated rings. The van der Waals surface area contributed by atoms with Crippen molar-refractivity contribution in [2.24, 2.45) is 5.92 Å². The molecule has 1 saturated carbocycles. The highest BCUT2D eigenvalue weighted by Crippen LogP contribution is 2.35. The topological polar surface area (TPSA) is 58.6 Å². The van der Waals surface area contributed by atoms with E-state index in [0.717, 1.165) is 43.5 Å². The Kier molecular flexibility index (Phi) is 4.84. The second kappa shape index (κ2) is 7.02. The molecule has 2 amide bonds. The second-order valence-electron chi connectivity index (χ2n) is 6.34. The van der Waals surface area contributed by atoms with Gasteiger partial charge in [0.2, 0.25) is 5.91 Å². The van der Waals surface area contributed by atoms with Gasteiger partial charge in [0.05, 0.1) is 5.69 Å². The summed E-state index contributed by atoms with van der Waals surface area (Å²) >= 11 is 0. The Labute approximate surface area is 137 Å². The number of hydrogen-bond acceptors (Lipinski definition) is 3. The Morgan fingerprint density at radius 1 is 1.30 bits per heavy atom. The number of amides is 2. The molecule has 0 spiro atoms. The Balaban J connectivity index is 1.76. The third-order valence-electron chi connectivity index (χ3n) is 4.59. The van der Waals surface area contributed by atoms with Gasteiger partial charge in [0.15, 0.2) is 6.61 Å². The van der Waals surface area contributed by atoms with Crippen LogP contribution in [0.2, 0.25) is 0 Å². The largest absolute Gasteiger partial charge is 0.482 e. The lowest BCUT2D eigenvalue weighted by molar-refractivity contribution is -0.121. The number of carbonyl (C=O) groups excluding carboxylic acids is 2. The SMILES string of the molecule is CCCN1C(=O)COc2ccc(NC(=O)C3CCCCC3)cc21. The number of hydrogen-bond donors (Lipinski definition) is 1. The van der Waals surface area contributed by atoms with Gasteiger partial charge in [-0.1, -0.05) is 26.2 Å². The fourth-order valence-corrected chi connectivity index (χ4v) is 3.36. The summed E-state index contributed by atoms with van der Waals surface area (Å²) < 4.78 is 5.48. The zero-order valence-electron chi connectivity index (χ0n) is 13.6. The fourth-order valence-electron chi connectivity index (χ4n) is 3.36. The van der Waals surface area contributed by atoms with Crippen molar-refractivity contribution in [3.05, 3.63) is 18.2 Å². The first-order chi connectivity index (χ1) is 11.2. The maximum absolute atomic E-state index is 12.4. The highest BCUT2D eigenvalue weighted by Gasteiger charge is 2.26. The Morgan fingerprint density at radius 2 is 2.09 bits per heavy atom. The van der Waals surface area contributed by atoms with Gasteiger partial charge in [-0.05, 0) is 37.5 Å². The summed E-state index contributed by atoms with van der Waals surface area (Å²) in [6.45, 7) is 2.78. The molecule has 1 heterocycles. The van der Waals surface area contributed by atoms with Crippen LogP contribution in [0.25, 0.3) is 0 Å². The molecule has 1 N–H and O–H groups in total. The van der Waals surface area contributed by atoms with Crippen LogP contribution in [0, 0.1) is 5.92 Å². The predicted octanol–water partition coefficient (Wildman–Crippen LogP) is 3.34. The lowest BCUT2D eigenvalue weighted by Crippen LogP contribution is -2.39. The van der Waals surface area contributed by atoms with Crippen molar-refractivity contribution in [1.82, 2.24) is 0 Å². The first kappa shape index (κ1) is 15.8. The van der Waals surface area contributed by atoms with Gasteiger partial charge in [-0.25, -0.2) is 0 Å². The zero-order valence-corrected chi connectivity index (χ0v) is 13.6. The summed E-state index contributed by atoms with van der Waals surface area (Å²) in [5.74, 6) is 0.878. The van der Waals surface area contributed by atoms with Gasteiger partial charge in [-0.2, -0.15) is 0 Å². The third kappa shape index (κ3) is 3.49. The predicted molar refractivity (Wildman–Crippen MR) is 89.8 cm³/mol. The molecule has 5 heteroatoms. The Morgan fingerprint density at radius 3 is 2.83 bits per heavy atom. The van der Waals surface area contributed by atoms with E-state index in [1.54, 1.807) is 4.90 Å². The Bertz CT molecular complexity index is 594. The number of ether oxygens (including phenoxy) is 1. The summed E-state index contributed by atoms with van der Waals surface area (Å²) in [4.78, 5) is 26.2. The molecule has 1 aliphatic heterocycles. The van der Waals surface area contributed by atoms with Gasteiger partial charge < -0.3 is 15.0 Å². The third-order valence-corrected chi connectivity index (χ3v) is 4.59. The summed E-state index contributed by atoms with van der Waals surface area (Å²) in [5.41, 5.74) is 1.49. The molecular weight excluding hydrogens is 292 g/mol. The van der Waals surface area contributed by atoms with Gasteiger partial charge in [-0.15, -0.1) is 0 Å². The normalized spacial score (nSPS) is 18.3. The van der Waals surface area contributed by atoms with E-state index in [4.69, 9.17) is 4.74 Å². The van der Waals surface area contributed by atoms with Crippen molar-refractivity contribution in [3.8, 4) is 5.75 Å². The van der Waals surface area contributed by atoms with E-state index < -0.39 is 0 Å². The van der Waals surface area contributed by atoms with Gasteiger partial charge >= 0.3 is 0 Å². The molecule has 0 aromatic heterocycles. The molecule has 0 bridgehead atoms. The van der Waals surface area contributed by atoms with Crippen LogP contribution in [0.15, 0.2) is 18.2 Å². The minimum atomic E-state index is -0.0323. The number of nitrogens with one attached hydrogen (secondary N) is 1. The van der Waals surface area contributed by atoms with E-state index in [-0.39, 0.29) is 24.3 Å². The standard InChI is InChI=1S/C18H24N2O3/c1-2-10-20-15-11-14(8-9-16(15)23-12-17(20)21)19-18(22)13-6-4-3-5-7-13/h8-9,11,13H,2-7,10,12H2,1H3,(H,19,22). The molecule has 0 atom stereocenters. The number of anilines is 2. The van der Waals surface area contributed by atoms with Crippen molar-refractivity contribution in [1.29, 1.82) is 0 Å². The summed E-state index contributed by atoms with van der Waals surface area (Å²) in [7, 11) is 0. The maximum atomic E-state index is 12.4. The first-order valence-corrected chi connectivity index (χ1v) is 8.57. The van der Waals surface area contributed by atoms with Crippen LogP contribution in [0.5, 0.6) is 5.75 Å². The Hall–Kier alpha value is -2.04. The number of rotatable bonds is 4. The van der Waals surface area contributed by atoms with E-state index in [1.165, 1.54) is 6.42 Å². The molecule has 3 rings (SSSR count). The zero-order chi connectivity index (χ0) is 16.2. The monoisotopic (exact) mass is 316 g/mol. The summed E-state index contributed by atoms with van der Waals surface area (Å²) in [5, 5.41) is 3.01. The highest BCUT2D eigenvalue weighted by molar-refractivity contribution is 5.99. The van der Waals surface area contributed by atoms with Crippen molar-refractivity contribution < 1.29 is 14.3 Å². The first-order valence-electron chi connectivity index (χ1n) is 8.57. The molecule has 23 heavy (non-hydrogen) atoms. The molecule has 2 aliphatic rings. The summed E-state index contributed by atoms with van der Waals surface area (Å²) in [6.07, 6.45) is 6.32. The molecule has 1 aromatic carbocycles. The quantitative estimate of drug-likeness (QED) is 0.927. The van der Waals surface area contributed by atoms with Crippen LogP contribution in [0.4, 0.5) is 11.4 Å². The average Bonchev–Trinajstić information content (AvgIpc) is 2.58. The molecular formula is C18H24N2O3. The summed E-state index contributed by atoms with van der Waals surface area (Å²) in [6, 6.07) is 5.53. The van der Waals surface area contributed by atoms with Crippen LogP contribution in [0.3, 0.4) is 0 Å². The van der Waals surface area contributed by atoms with E-state index in [0.29, 0.717) is 12.3 Å². The maximum Gasteiger partial charge on any atom is 0.265 e. The smallest absolute Gasteiger partial charge is 0.265 e. The van der Waals surface area contributed by atoms with Gasteiger partial charge in [0, 0.05) is 18.2 Å². The number of nitrogens with zero attached hydrogens (tertiary/aromatic N) is 1. The van der Waals surface area contributed by atoms with Gasteiger partial charge in [0.25, 0.3) is 5.91 Å². The minimum Gasteiger partial charge on any atom is -0.482 e. The van der Waals surface area contributed by atoms with Crippen LogP contribution < -0.4 is 15.0 Å². The van der Waals surface area contributed by atoms with E-state index in [2.05, 4.69) is 5.32 Å². The lowest BCUT2D eigenvalue weighted by atomic mass is 9.88. The van der Waals surface area contributed by atoms with Crippen molar-refractivity contribution in [3.63, 3.8) is 0 Å². The molecule has 0 saturated heterocycles. The van der Waals surface area contributed by atoms with Crippen molar-refractivity contribution in [2.45, 2.75) is 45.4 Å². The number of carbonyl (C=O) groups is 2. The highest BCUT2D eigenvalue weighted by atomic mass is 16.5. The second-order valence-corrected chi connectivity index (χ2v) is 6.34. The number of fused-ring (bicyclic) bond motifs is 1. The molecule has 0 unspecified atom stereocenters.